The van der Waals surface area contributed by atoms with Gasteiger partial charge in [-0.05, 0) is 24.5 Å². The summed E-state index contributed by atoms with van der Waals surface area (Å²) in [5.74, 6) is 1.51. The van der Waals surface area contributed by atoms with Gasteiger partial charge < -0.3 is 9.15 Å². The lowest BCUT2D eigenvalue weighted by Crippen LogP contribution is -2.00. The second-order valence-corrected chi connectivity index (χ2v) is 4.60. The average molecular weight is 242 g/mol. The molecule has 3 nitrogen and oxygen atoms in total. The van der Waals surface area contributed by atoms with Crippen LogP contribution in [0.2, 0.25) is 0 Å². The average Bonchev–Trinajstić information content (AvgIpc) is 3.06. The maximum Gasteiger partial charge on any atom is 0.201 e. The second kappa shape index (κ2) is 4.02. The molecule has 1 fully saturated rings. The minimum Gasteiger partial charge on any atom is -0.493 e. The van der Waals surface area contributed by atoms with E-state index in [1.165, 1.54) is 0 Å². The first-order valence-electron chi connectivity index (χ1n) is 5.98. The van der Waals surface area contributed by atoms with Gasteiger partial charge in [-0.25, -0.2) is 0 Å². The number of Topliss-reactive ketones (excluding diaryl/α,β-unsaturated/α-hetero) is 1. The first-order chi connectivity index (χ1) is 8.74. The van der Waals surface area contributed by atoms with E-state index in [4.69, 9.17) is 9.15 Å². The number of benzene rings is 1. The number of carbonyl (C=O) groups excluding carboxylic acids is 1. The molecule has 0 amide bonds. The number of allylic oxidation sites excluding steroid dienone is 1. The van der Waals surface area contributed by atoms with Crippen LogP contribution in [0.3, 0.4) is 0 Å². The van der Waals surface area contributed by atoms with Gasteiger partial charge in [0.1, 0.15) is 0 Å². The Morgan fingerprint density at radius 2 is 2.39 bits per heavy atom. The standard InChI is InChI=1S/C15H14O3/c1-3-9-7-11(9)14(16)13-8-10-5-4-6-12(17-2)15(10)18-13/h3-6,8-9,11H,1,7H2,2H3/t9-,11-/m1/s1. The number of hydrogen-bond donors (Lipinski definition) is 0. The molecule has 0 N–H and O–H groups in total. The molecular weight excluding hydrogens is 228 g/mol. The van der Waals surface area contributed by atoms with Crippen LogP contribution in [0.5, 0.6) is 5.75 Å². The van der Waals surface area contributed by atoms with E-state index in [1.54, 1.807) is 13.2 Å². The lowest BCUT2D eigenvalue weighted by molar-refractivity contribution is 0.0938. The Morgan fingerprint density at radius 3 is 3.06 bits per heavy atom. The fourth-order valence-corrected chi connectivity index (χ4v) is 2.28. The van der Waals surface area contributed by atoms with Crippen molar-refractivity contribution in [3.05, 3.63) is 42.7 Å². The Labute approximate surface area is 105 Å². The van der Waals surface area contributed by atoms with E-state index in [9.17, 15) is 4.79 Å². The first-order valence-corrected chi connectivity index (χ1v) is 5.98. The highest BCUT2D eigenvalue weighted by atomic mass is 16.5. The number of para-hydroxylation sites is 1. The quantitative estimate of drug-likeness (QED) is 0.609. The zero-order chi connectivity index (χ0) is 12.7. The van der Waals surface area contributed by atoms with Crippen molar-refractivity contribution in [3.8, 4) is 5.75 Å². The fraction of sp³-hybridized carbons (Fsp3) is 0.267. The number of methoxy groups -OCH3 is 1. The molecule has 92 valence electrons. The molecule has 1 aromatic heterocycles. The summed E-state index contributed by atoms with van der Waals surface area (Å²) in [6, 6.07) is 7.41. The van der Waals surface area contributed by atoms with Crippen LogP contribution in [-0.2, 0) is 0 Å². The Morgan fingerprint density at radius 1 is 1.56 bits per heavy atom. The van der Waals surface area contributed by atoms with Gasteiger partial charge in [-0.1, -0.05) is 18.2 Å². The van der Waals surface area contributed by atoms with Crippen molar-refractivity contribution < 1.29 is 13.9 Å². The zero-order valence-corrected chi connectivity index (χ0v) is 10.2. The summed E-state index contributed by atoms with van der Waals surface area (Å²) >= 11 is 0. The summed E-state index contributed by atoms with van der Waals surface area (Å²) in [6.07, 6.45) is 2.72. The molecule has 2 aromatic rings. The number of furan rings is 1. The third kappa shape index (κ3) is 1.63. The number of ketones is 1. The summed E-state index contributed by atoms with van der Waals surface area (Å²) in [6.45, 7) is 3.72. The molecule has 18 heavy (non-hydrogen) atoms. The van der Waals surface area contributed by atoms with E-state index in [-0.39, 0.29) is 11.7 Å². The van der Waals surface area contributed by atoms with Crippen LogP contribution in [0.15, 0.2) is 41.3 Å². The van der Waals surface area contributed by atoms with Gasteiger partial charge in [0.05, 0.1) is 7.11 Å². The van der Waals surface area contributed by atoms with Crippen LogP contribution in [0, 0.1) is 11.8 Å². The highest BCUT2D eigenvalue weighted by molar-refractivity contribution is 6.01. The zero-order valence-electron chi connectivity index (χ0n) is 10.2. The summed E-state index contributed by atoms with van der Waals surface area (Å²) in [5.41, 5.74) is 0.638. The molecule has 0 unspecified atom stereocenters. The van der Waals surface area contributed by atoms with Gasteiger partial charge in [0, 0.05) is 11.3 Å². The van der Waals surface area contributed by atoms with E-state index in [0.717, 1.165) is 11.8 Å². The molecule has 3 heteroatoms. The predicted molar refractivity (Wildman–Crippen MR) is 68.9 cm³/mol. The highest BCUT2D eigenvalue weighted by Crippen LogP contribution is 2.42. The van der Waals surface area contributed by atoms with Crippen LogP contribution in [0.4, 0.5) is 0 Å². The third-order valence-electron chi connectivity index (χ3n) is 3.45. The molecular formula is C15H14O3. The van der Waals surface area contributed by atoms with E-state index in [2.05, 4.69) is 6.58 Å². The Bertz CT molecular complexity index is 624. The molecule has 1 aliphatic rings. The minimum atomic E-state index is 0.0501. The van der Waals surface area contributed by atoms with Gasteiger partial charge in [0.25, 0.3) is 0 Å². The van der Waals surface area contributed by atoms with Crippen molar-refractivity contribution in [2.24, 2.45) is 11.8 Å². The van der Waals surface area contributed by atoms with Crippen molar-refractivity contribution in [2.45, 2.75) is 6.42 Å². The maximum atomic E-state index is 12.2. The Hall–Kier alpha value is -2.03. The molecule has 1 aliphatic carbocycles. The van der Waals surface area contributed by atoms with Gasteiger partial charge >= 0.3 is 0 Å². The summed E-state index contributed by atoms with van der Waals surface area (Å²) in [7, 11) is 1.59. The van der Waals surface area contributed by atoms with Crippen molar-refractivity contribution in [1.29, 1.82) is 0 Å². The van der Waals surface area contributed by atoms with Gasteiger partial charge in [-0.3, -0.25) is 4.79 Å². The minimum absolute atomic E-state index is 0.0501. The molecule has 2 atom stereocenters. The van der Waals surface area contributed by atoms with E-state index >= 15 is 0 Å². The van der Waals surface area contributed by atoms with Crippen LogP contribution in [-0.4, -0.2) is 12.9 Å². The maximum absolute atomic E-state index is 12.2. The van der Waals surface area contributed by atoms with Crippen molar-refractivity contribution in [2.75, 3.05) is 7.11 Å². The van der Waals surface area contributed by atoms with Gasteiger partial charge in [0.2, 0.25) is 5.78 Å². The van der Waals surface area contributed by atoms with Crippen LogP contribution < -0.4 is 4.74 Å². The number of fused-ring (bicyclic) bond motifs is 1. The molecule has 0 radical (unpaired) electrons. The number of rotatable bonds is 4. The molecule has 1 aromatic carbocycles. The van der Waals surface area contributed by atoms with Crippen molar-refractivity contribution in [1.82, 2.24) is 0 Å². The Balaban J connectivity index is 1.99. The Kier molecular flexibility index (Phi) is 2.47. The number of carbonyl (C=O) groups is 1. The fourth-order valence-electron chi connectivity index (χ4n) is 2.28. The van der Waals surface area contributed by atoms with E-state index < -0.39 is 0 Å². The lowest BCUT2D eigenvalue weighted by atomic mass is 10.1. The topological polar surface area (TPSA) is 39.4 Å². The lowest BCUT2D eigenvalue weighted by Gasteiger charge is -1.98. The van der Waals surface area contributed by atoms with Gasteiger partial charge in [-0.15, -0.1) is 6.58 Å². The number of hydrogen-bond acceptors (Lipinski definition) is 3. The van der Waals surface area contributed by atoms with E-state index in [1.807, 2.05) is 24.3 Å². The van der Waals surface area contributed by atoms with Crippen LogP contribution >= 0.6 is 0 Å². The van der Waals surface area contributed by atoms with Crippen molar-refractivity contribution in [3.63, 3.8) is 0 Å². The number of ether oxygens (including phenoxy) is 1. The molecule has 1 heterocycles. The van der Waals surface area contributed by atoms with Gasteiger partial charge in [-0.2, -0.15) is 0 Å². The highest BCUT2D eigenvalue weighted by Gasteiger charge is 2.42. The summed E-state index contributed by atoms with van der Waals surface area (Å²) in [5, 5.41) is 0.897. The molecule has 0 saturated heterocycles. The van der Waals surface area contributed by atoms with Crippen molar-refractivity contribution >= 4 is 16.8 Å². The third-order valence-corrected chi connectivity index (χ3v) is 3.45. The van der Waals surface area contributed by atoms with E-state index in [0.29, 0.717) is 23.0 Å². The SMILES string of the molecule is C=C[C@@H]1C[C@H]1C(=O)c1cc2cccc(OC)c2o1. The van der Waals surface area contributed by atoms with Crippen LogP contribution in [0.25, 0.3) is 11.0 Å². The molecule has 0 bridgehead atoms. The summed E-state index contributed by atoms with van der Waals surface area (Å²) < 4.78 is 10.9. The monoisotopic (exact) mass is 242 g/mol. The smallest absolute Gasteiger partial charge is 0.201 e. The predicted octanol–water partition coefficient (Wildman–Crippen LogP) is 3.45. The molecule has 0 aliphatic heterocycles. The van der Waals surface area contributed by atoms with Crippen LogP contribution in [0.1, 0.15) is 17.0 Å². The van der Waals surface area contributed by atoms with Gasteiger partial charge in [0.15, 0.2) is 17.1 Å². The second-order valence-electron chi connectivity index (χ2n) is 4.60. The molecule has 1 saturated carbocycles. The normalized spacial score (nSPS) is 21.8. The largest absolute Gasteiger partial charge is 0.493 e. The first kappa shape index (κ1) is 11.1. The molecule has 0 spiro atoms. The molecule has 3 rings (SSSR count). The summed E-state index contributed by atoms with van der Waals surface area (Å²) in [4.78, 5) is 12.2.